The molecule has 0 spiro atoms. The topological polar surface area (TPSA) is 20.2 Å². The van der Waals surface area contributed by atoms with Gasteiger partial charge < -0.3 is 5.11 Å². The van der Waals surface area contributed by atoms with Gasteiger partial charge in [0.2, 0.25) is 0 Å². The molecule has 0 amide bonds. The summed E-state index contributed by atoms with van der Waals surface area (Å²) >= 11 is 0. The molecule has 0 saturated heterocycles. The summed E-state index contributed by atoms with van der Waals surface area (Å²) in [5.41, 5.74) is 1.36. The smallest absolute Gasteiger partial charge is 0.0905 e. The van der Waals surface area contributed by atoms with E-state index in [1.165, 1.54) is 0 Å². The maximum atomic E-state index is 10.6. The van der Waals surface area contributed by atoms with Crippen molar-refractivity contribution in [2.24, 2.45) is 0 Å². The van der Waals surface area contributed by atoms with Crippen LogP contribution in [0.15, 0.2) is 73.3 Å². The van der Waals surface area contributed by atoms with Gasteiger partial charge in [0, 0.05) is 12.8 Å². The first-order valence-electron chi connectivity index (χ1n) is 6.16. The molecule has 0 bridgehead atoms. The highest BCUT2D eigenvalue weighted by atomic mass is 16.3. The zero-order chi connectivity index (χ0) is 12.8. The summed E-state index contributed by atoms with van der Waals surface area (Å²) in [7, 11) is 0. The number of rotatable bonds is 5. The molecule has 0 aliphatic rings. The van der Waals surface area contributed by atoms with Crippen LogP contribution in [0.4, 0.5) is 0 Å². The lowest BCUT2D eigenvalue weighted by Gasteiger charge is -2.24. The Balaban J connectivity index is 2.13. The largest absolute Gasteiger partial charge is 0.385 e. The predicted molar refractivity (Wildman–Crippen MR) is 75.4 cm³/mol. The zero-order valence-corrected chi connectivity index (χ0v) is 10.4. The van der Waals surface area contributed by atoms with Crippen LogP contribution in [-0.2, 0) is 12.8 Å². The van der Waals surface area contributed by atoms with Crippen LogP contribution in [0.25, 0.3) is 0 Å². The van der Waals surface area contributed by atoms with Crippen molar-refractivity contribution < 1.29 is 5.11 Å². The molecular weight excluding hydrogens is 220 g/mol. The molecule has 2 aromatic carbocycles. The van der Waals surface area contributed by atoms with Crippen LogP contribution >= 0.6 is 0 Å². The normalized spacial score (nSPS) is 11.2. The molecule has 2 rings (SSSR count). The van der Waals surface area contributed by atoms with Crippen molar-refractivity contribution in [2.75, 3.05) is 0 Å². The van der Waals surface area contributed by atoms with Crippen LogP contribution in [-0.4, -0.2) is 10.7 Å². The predicted octanol–water partition coefficient (Wildman–Crippen LogP) is 3.39. The van der Waals surface area contributed by atoms with Crippen LogP contribution in [0, 0.1) is 0 Å². The second-order valence-corrected chi connectivity index (χ2v) is 4.63. The molecule has 1 N–H and O–H groups in total. The lowest BCUT2D eigenvalue weighted by atomic mass is 9.88. The molecular formula is C17H18O. The Hall–Kier alpha value is -1.86. The van der Waals surface area contributed by atoms with Gasteiger partial charge in [0.25, 0.3) is 0 Å². The van der Waals surface area contributed by atoms with Gasteiger partial charge in [0.1, 0.15) is 0 Å². The van der Waals surface area contributed by atoms with E-state index >= 15 is 0 Å². The van der Waals surface area contributed by atoms with Gasteiger partial charge in [0.15, 0.2) is 0 Å². The molecule has 1 heteroatoms. The molecule has 0 atom stereocenters. The van der Waals surface area contributed by atoms with Gasteiger partial charge in [-0.05, 0) is 11.1 Å². The molecule has 0 aliphatic heterocycles. The number of hydrogen-bond acceptors (Lipinski definition) is 1. The third kappa shape index (κ3) is 3.31. The highest BCUT2D eigenvalue weighted by Crippen LogP contribution is 2.20. The van der Waals surface area contributed by atoms with E-state index in [2.05, 4.69) is 6.58 Å². The third-order valence-corrected chi connectivity index (χ3v) is 3.09. The zero-order valence-electron chi connectivity index (χ0n) is 10.4. The summed E-state index contributed by atoms with van der Waals surface area (Å²) in [6, 6.07) is 20.0. The van der Waals surface area contributed by atoms with E-state index in [0.717, 1.165) is 11.1 Å². The highest BCUT2D eigenvalue weighted by molar-refractivity contribution is 5.24. The van der Waals surface area contributed by atoms with E-state index in [-0.39, 0.29) is 0 Å². The number of hydrogen-bond donors (Lipinski definition) is 1. The maximum absolute atomic E-state index is 10.6. The minimum atomic E-state index is -0.886. The first-order chi connectivity index (χ1) is 8.72. The van der Waals surface area contributed by atoms with Gasteiger partial charge in [-0.3, -0.25) is 0 Å². The van der Waals surface area contributed by atoms with E-state index in [1.54, 1.807) is 6.08 Å². The molecule has 0 saturated carbocycles. The van der Waals surface area contributed by atoms with Crippen LogP contribution < -0.4 is 0 Å². The van der Waals surface area contributed by atoms with Gasteiger partial charge in [-0.25, -0.2) is 0 Å². The lowest BCUT2D eigenvalue weighted by Crippen LogP contribution is -2.31. The van der Waals surface area contributed by atoms with Gasteiger partial charge in [-0.2, -0.15) is 0 Å². The Morgan fingerprint density at radius 2 is 1.22 bits per heavy atom. The lowest BCUT2D eigenvalue weighted by molar-refractivity contribution is 0.0921. The van der Waals surface area contributed by atoms with Crippen molar-refractivity contribution in [3.63, 3.8) is 0 Å². The van der Waals surface area contributed by atoms with Gasteiger partial charge in [-0.1, -0.05) is 66.7 Å². The SMILES string of the molecule is C=CC(O)(Cc1ccccc1)Cc1ccccc1. The Labute approximate surface area is 108 Å². The molecule has 1 nitrogen and oxygen atoms in total. The average Bonchev–Trinajstić information content (AvgIpc) is 2.41. The van der Waals surface area contributed by atoms with Gasteiger partial charge in [0.05, 0.1) is 5.60 Å². The molecule has 0 aliphatic carbocycles. The fourth-order valence-corrected chi connectivity index (χ4v) is 2.11. The van der Waals surface area contributed by atoms with E-state index in [1.807, 2.05) is 60.7 Å². The summed E-state index contributed by atoms with van der Waals surface area (Å²) in [6.45, 7) is 3.78. The molecule has 92 valence electrons. The van der Waals surface area contributed by atoms with E-state index < -0.39 is 5.60 Å². The second kappa shape index (κ2) is 5.65. The van der Waals surface area contributed by atoms with E-state index in [9.17, 15) is 5.11 Å². The third-order valence-electron chi connectivity index (χ3n) is 3.09. The fourth-order valence-electron chi connectivity index (χ4n) is 2.11. The quantitative estimate of drug-likeness (QED) is 0.792. The molecule has 0 unspecified atom stereocenters. The number of aliphatic hydroxyl groups is 1. The molecule has 0 aromatic heterocycles. The van der Waals surface area contributed by atoms with Crippen molar-refractivity contribution in [3.8, 4) is 0 Å². The summed E-state index contributed by atoms with van der Waals surface area (Å²) in [5.74, 6) is 0. The second-order valence-electron chi connectivity index (χ2n) is 4.63. The Bertz CT molecular complexity index is 446. The summed E-state index contributed by atoms with van der Waals surface area (Å²) in [6.07, 6.45) is 2.82. The maximum Gasteiger partial charge on any atom is 0.0905 e. The van der Waals surface area contributed by atoms with Crippen LogP contribution in [0.1, 0.15) is 11.1 Å². The first-order valence-corrected chi connectivity index (χ1v) is 6.16. The Morgan fingerprint density at radius 3 is 1.56 bits per heavy atom. The summed E-state index contributed by atoms with van der Waals surface area (Å²) in [4.78, 5) is 0. The summed E-state index contributed by atoms with van der Waals surface area (Å²) < 4.78 is 0. The van der Waals surface area contributed by atoms with Crippen LogP contribution in [0.5, 0.6) is 0 Å². The first kappa shape index (κ1) is 12.6. The fraction of sp³-hybridized carbons (Fsp3) is 0.176. The van der Waals surface area contributed by atoms with E-state index in [0.29, 0.717) is 12.8 Å². The molecule has 0 radical (unpaired) electrons. The van der Waals surface area contributed by atoms with Crippen molar-refractivity contribution >= 4 is 0 Å². The van der Waals surface area contributed by atoms with Gasteiger partial charge in [-0.15, -0.1) is 6.58 Å². The van der Waals surface area contributed by atoms with Crippen molar-refractivity contribution in [3.05, 3.63) is 84.4 Å². The average molecular weight is 238 g/mol. The van der Waals surface area contributed by atoms with Crippen LogP contribution in [0.3, 0.4) is 0 Å². The van der Waals surface area contributed by atoms with E-state index in [4.69, 9.17) is 0 Å². The molecule has 2 aromatic rings. The minimum absolute atomic E-state index is 0.590. The minimum Gasteiger partial charge on any atom is -0.385 e. The van der Waals surface area contributed by atoms with Crippen molar-refractivity contribution in [1.82, 2.24) is 0 Å². The highest BCUT2D eigenvalue weighted by Gasteiger charge is 2.23. The number of benzene rings is 2. The molecule has 0 heterocycles. The van der Waals surface area contributed by atoms with Crippen molar-refractivity contribution in [2.45, 2.75) is 18.4 Å². The van der Waals surface area contributed by atoms with Crippen molar-refractivity contribution in [1.29, 1.82) is 0 Å². The molecule has 0 fully saturated rings. The molecule has 18 heavy (non-hydrogen) atoms. The monoisotopic (exact) mass is 238 g/mol. The Morgan fingerprint density at radius 1 is 0.833 bits per heavy atom. The van der Waals surface area contributed by atoms with Gasteiger partial charge >= 0.3 is 0 Å². The summed E-state index contributed by atoms with van der Waals surface area (Å²) in [5, 5.41) is 10.6. The Kier molecular flexibility index (Phi) is 3.96. The standard InChI is InChI=1S/C17H18O/c1-2-17(18,13-15-9-5-3-6-10-15)14-16-11-7-4-8-12-16/h2-12,18H,1,13-14H2. The van der Waals surface area contributed by atoms with Crippen LogP contribution in [0.2, 0.25) is 0 Å².